The van der Waals surface area contributed by atoms with Crippen LogP contribution in [0.4, 0.5) is 0 Å². The number of nitrogens with zero attached hydrogens (tertiary/aromatic N) is 2. The van der Waals surface area contributed by atoms with E-state index >= 15 is 0 Å². The number of hydrogen-bond donors (Lipinski definition) is 1. The molecule has 2 aromatic rings. The highest BCUT2D eigenvalue weighted by Crippen LogP contribution is 2.41. The van der Waals surface area contributed by atoms with Gasteiger partial charge in [-0.25, -0.2) is 0 Å². The first-order valence-electron chi connectivity index (χ1n) is 7.02. The Labute approximate surface area is 128 Å². The molecule has 0 radical (unpaired) electrons. The van der Waals surface area contributed by atoms with Gasteiger partial charge in [-0.3, -0.25) is 4.79 Å². The van der Waals surface area contributed by atoms with Gasteiger partial charge >= 0.3 is 0 Å². The predicted molar refractivity (Wildman–Crippen MR) is 80.7 cm³/mol. The van der Waals surface area contributed by atoms with E-state index in [0.29, 0.717) is 16.9 Å². The number of rotatable bonds is 1. The number of ether oxygens (including phenoxy) is 1. The molecule has 0 amide bonds. The molecular weight excluding hydrogens is 280 g/mol. The molecule has 5 nitrogen and oxygen atoms in total. The van der Waals surface area contributed by atoms with E-state index in [1.807, 2.05) is 0 Å². The summed E-state index contributed by atoms with van der Waals surface area (Å²) in [4.78, 5) is 12.2. The number of fused-ring (bicyclic) bond motifs is 1. The van der Waals surface area contributed by atoms with Gasteiger partial charge in [-0.05, 0) is 38.1 Å². The molecule has 1 unspecified atom stereocenters. The fourth-order valence-corrected chi connectivity index (χ4v) is 2.81. The largest absolute Gasteiger partial charge is 0.485 e. The third-order valence-corrected chi connectivity index (χ3v) is 3.99. The highest BCUT2D eigenvalue weighted by molar-refractivity contribution is 5.46. The minimum atomic E-state index is -0.922. The maximum absolute atomic E-state index is 12.2. The summed E-state index contributed by atoms with van der Waals surface area (Å²) < 4.78 is 7.33. The van der Waals surface area contributed by atoms with E-state index in [4.69, 9.17) is 10.00 Å². The van der Waals surface area contributed by atoms with E-state index in [1.165, 1.54) is 10.6 Å². The molecule has 0 fully saturated rings. The molecule has 0 saturated carbocycles. The lowest BCUT2D eigenvalue weighted by Crippen LogP contribution is -2.52. The van der Waals surface area contributed by atoms with E-state index in [9.17, 15) is 9.90 Å². The summed E-state index contributed by atoms with van der Waals surface area (Å²) in [5.41, 5.74) is 0.0427. The zero-order chi connectivity index (χ0) is 15.9. The average Bonchev–Trinajstić information content (AvgIpc) is 2.49. The van der Waals surface area contributed by atoms with Crippen LogP contribution in [0.1, 0.15) is 31.0 Å². The van der Waals surface area contributed by atoms with Gasteiger partial charge in [0.05, 0.1) is 17.7 Å². The molecule has 112 valence electrons. The Morgan fingerprint density at radius 3 is 2.77 bits per heavy atom. The molecule has 2 atom stereocenters. The number of aliphatic hydroxyl groups is 1. The number of aliphatic hydroxyl groups excluding tert-OH is 1. The fraction of sp³-hybridized carbons (Fsp3) is 0.294. The van der Waals surface area contributed by atoms with Gasteiger partial charge in [0.15, 0.2) is 0 Å². The van der Waals surface area contributed by atoms with Gasteiger partial charge in [-0.15, -0.1) is 0 Å². The van der Waals surface area contributed by atoms with Crippen molar-refractivity contribution in [2.75, 3.05) is 0 Å². The summed E-state index contributed by atoms with van der Waals surface area (Å²) in [6.07, 6.45) is 0.717. The second kappa shape index (κ2) is 5.00. The third kappa shape index (κ3) is 2.18. The molecule has 2 heterocycles. The summed E-state index contributed by atoms with van der Waals surface area (Å²) in [7, 11) is 0. The van der Waals surface area contributed by atoms with Crippen LogP contribution < -0.4 is 10.3 Å². The molecule has 3 rings (SSSR count). The first-order valence-corrected chi connectivity index (χ1v) is 7.02. The minimum Gasteiger partial charge on any atom is -0.485 e. The Kier molecular flexibility index (Phi) is 3.27. The molecule has 1 N–H and O–H groups in total. The maximum Gasteiger partial charge on any atom is 0.251 e. The van der Waals surface area contributed by atoms with Gasteiger partial charge in [0, 0.05) is 17.8 Å². The van der Waals surface area contributed by atoms with Crippen LogP contribution in [0, 0.1) is 11.3 Å². The Balaban J connectivity index is 2.26. The summed E-state index contributed by atoms with van der Waals surface area (Å²) in [6.45, 7) is 3.56. The quantitative estimate of drug-likeness (QED) is 0.871. The lowest BCUT2D eigenvalue weighted by atomic mass is 9.85. The van der Waals surface area contributed by atoms with Gasteiger partial charge in [-0.1, -0.05) is 6.07 Å². The molecule has 1 aromatic heterocycles. The molecule has 0 aliphatic carbocycles. The number of hydrogen-bond acceptors (Lipinski definition) is 4. The first-order chi connectivity index (χ1) is 10.4. The Hall–Kier alpha value is -2.58. The van der Waals surface area contributed by atoms with Crippen LogP contribution in [0.15, 0.2) is 47.4 Å². The number of aromatic nitrogens is 1. The molecule has 0 saturated heterocycles. The van der Waals surface area contributed by atoms with Gasteiger partial charge in [-0.2, -0.15) is 5.26 Å². The lowest BCUT2D eigenvalue weighted by Gasteiger charge is -2.42. The van der Waals surface area contributed by atoms with Crippen molar-refractivity contribution in [3.63, 3.8) is 0 Å². The second-order valence-electron chi connectivity index (χ2n) is 5.91. The molecule has 1 aromatic carbocycles. The second-order valence-corrected chi connectivity index (χ2v) is 5.91. The van der Waals surface area contributed by atoms with E-state index in [-0.39, 0.29) is 5.56 Å². The Morgan fingerprint density at radius 1 is 1.32 bits per heavy atom. The van der Waals surface area contributed by atoms with E-state index < -0.39 is 17.7 Å². The number of nitriles is 1. The van der Waals surface area contributed by atoms with Crippen LogP contribution in [-0.4, -0.2) is 21.4 Å². The lowest BCUT2D eigenvalue weighted by molar-refractivity contribution is -0.0642. The van der Waals surface area contributed by atoms with E-state index in [0.717, 1.165) is 0 Å². The third-order valence-electron chi connectivity index (χ3n) is 3.99. The maximum atomic E-state index is 12.2. The van der Waals surface area contributed by atoms with Crippen molar-refractivity contribution in [3.05, 3.63) is 64.1 Å². The zero-order valence-electron chi connectivity index (χ0n) is 12.4. The van der Waals surface area contributed by atoms with Crippen LogP contribution in [0.2, 0.25) is 0 Å². The standard InChI is InChI=1S/C17H16N2O3/c1-17(2)16(21)15(19-8-4-3-5-14(19)20)12-9-11(10-18)6-7-13(12)22-17/h3-9,15-16,21H,1-2H3/t15?,16-/m0/s1. The van der Waals surface area contributed by atoms with Crippen molar-refractivity contribution in [2.45, 2.75) is 31.6 Å². The number of benzene rings is 1. The molecule has 0 spiro atoms. The fourth-order valence-electron chi connectivity index (χ4n) is 2.81. The molecule has 5 heteroatoms. The van der Waals surface area contributed by atoms with Crippen molar-refractivity contribution in [2.24, 2.45) is 0 Å². The van der Waals surface area contributed by atoms with Crippen molar-refractivity contribution >= 4 is 0 Å². The Morgan fingerprint density at radius 2 is 2.09 bits per heavy atom. The highest BCUT2D eigenvalue weighted by Gasteiger charge is 2.44. The van der Waals surface area contributed by atoms with Crippen molar-refractivity contribution in [3.8, 4) is 11.8 Å². The SMILES string of the molecule is CC1(C)Oc2ccc(C#N)cc2C(n2ccccc2=O)[C@@H]1O. The van der Waals surface area contributed by atoms with Crippen molar-refractivity contribution in [1.82, 2.24) is 4.57 Å². The van der Waals surface area contributed by atoms with Crippen LogP contribution in [0.3, 0.4) is 0 Å². The molecular formula is C17H16N2O3. The van der Waals surface area contributed by atoms with Crippen molar-refractivity contribution in [1.29, 1.82) is 5.26 Å². The first kappa shape index (κ1) is 14.4. The van der Waals surface area contributed by atoms with Gasteiger partial charge < -0.3 is 14.4 Å². The predicted octanol–water partition coefficient (Wildman–Crippen LogP) is 1.84. The Bertz CT molecular complexity index is 817. The smallest absolute Gasteiger partial charge is 0.251 e. The molecule has 22 heavy (non-hydrogen) atoms. The minimum absolute atomic E-state index is 0.211. The van der Waals surface area contributed by atoms with Crippen LogP contribution in [-0.2, 0) is 0 Å². The topological polar surface area (TPSA) is 75.2 Å². The summed E-state index contributed by atoms with van der Waals surface area (Å²) in [6, 6.07) is 11.4. The van der Waals surface area contributed by atoms with E-state index in [1.54, 1.807) is 50.4 Å². The molecule has 1 aliphatic heterocycles. The number of pyridine rings is 1. The highest BCUT2D eigenvalue weighted by atomic mass is 16.5. The van der Waals surface area contributed by atoms with Gasteiger partial charge in [0.2, 0.25) is 0 Å². The van der Waals surface area contributed by atoms with Gasteiger partial charge in [0.1, 0.15) is 17.5 Å². The normalized spacial score (nSPS) is 22.3. The zero-order valence-corrected chi connectivity index (χ0v) is 12.4. The summed E-state index contributed by atoms with van der Waals surface area (Å²) >= 11 is 0. The van der Waals surface area contributed by atoms with E-state index in [2.05, 4.69) is 6.07 Å². The summed E-state index contributed by atoms with van der Waals surface area (Å²) in [5, 5.41) is 19.8. The van der Waals surface area contributed by atoms with Gasteiger partial charge in [0.25, 0.3) is 5.56 Å². The monoisotopic (exact) mass is 296 g/mol. The average molecular weight is 296 g/mol. The van der Waals surface area contributed by atoms with Crippen molar-refractivity contribution < 1.29 is 9.84 Å². The summed E-state index contributed by atoms with van der Waals surface area (Å²) in [5.74, 6) is 0.579. The molecule has 1 aliphatic rings. The van der Waals surface area contributed by atoms with Crippen LogP contribution >= 0.6 is 0 Å². The van der Waals surface area contributed by atoms with Crippen LogP contribution in [0.5, 0.6) is 5.75 Å². The molecule has 0 bridgehead atoms. The van der Waals surface area contributed by atoms with Crippen LogP contribution in [0.25, 0.3) is 0 Å².